The van der Waals surface area contributed by atoms with E-state index < -0.39 is 22.5 Å². The van der Waals surface area contributed by atoms with Crippen molar-refractivity contribution in [2.75, 3.05) is 17.1 Å². The molecule has 0 atom stereocenters. The smallest absolute Gasteiger partial charge is 0.264 e. The van der Waals surface area contributed by atoms with Crippen LogP contribution in [0.3, 0.4) is 0 Å². The number of para-hydroxylation sites is 1. The highest BCUT2D eigenvalue weighted by molar-refractivity contribution is 7.98. The van der Waals surface area contributed by atoms with Crippen LogP contribution >= 0.6 is 11.8 Å². The number of carbonyl (C=O) groups excluding carboxylic acids is 1. The number of nitrogens with one attached hydrogen (secondary N) is 1. The Morgan fingerprint density at radius 1 is 0.974 bits per heavy atom. The van der Waals surface area contributed by atoms with Gasteiger partial charge in [-0.2, -0.15) is 5.10 Å². The molecule has 0 bridgehead atoms. The van der Waals surface area contributed by atoms with Gasteiger partial charge in [0.25, 0.3) is 15.9 Å². The van der Waals surface area contributed by atoms with Gasteiger partial charge in [-0.1, -0.05) is 35.9 Å². The van der Waals surface area contributed by atoms with Crippen molar-refractivity contribution in [1.29, 1.82) is 0 Å². The number of rotatable bonds is 9. The maximum absolute atomic E-state index is 13.6. The number of benzene rings is 3. The molecule has 0 spiro atoms. The van der Waals surface area contributed by atoms with Crippen molar-refractivity contribution >= 4 is 39.6 Å². The monoisotopic (exact) mass is 546 g/mol. The Kier molecular flexibility index (Phi) is 8.38. The fraction of sp³-hybridized carbons (Fsp3) is 0.172. The molecule has 0 aliphatic carbocycles. The first-order valence-electron chi connectivity index (χ1n) is 12.0. The zero-order valence-corrected chi connectivity index (χ0v) is 23.4. The first-order valence-corrected chi connectivity index (χ1v) is 14.7. The molecule has 0 saturated heterocycles. The molecule has 1 heterocycles. The Labute approximate surface area is 228 Å². The van der Waals surface area contributed by atoms with Crippen LogP contribution in [-0.2, 0) is 14.8 Å². The maximum Gasteiger partial charge on any atom is 0.264 e. The molecule has 9 heteroatoms. The molecule has 7 nitrogen and oxygen atoms in total. The summed E-state index contributed by atoms with van der Waals surface area (Å²) < 4.78 is 30.3. The third kappa shape index (κ3) is 6.00. The van der Waals surface area contributed by atoms with Crippen LogP contribution in [0, 0.1) is 20.8 Å². The molecule has 0 radical (unpaired) electrons. The number of hydrogen-bond acceptors (Lipinski definition) is 5. The fourth-order valence-electron chi connectivity index (χ4n) is 4.13. The van der Waals surface area contributed by atoms with E-state index in [0.29, 0.717) is 5.69 Å². The van der Waals surface area contributed by atoms with E-state index in [0.717, 1.165) is 37.4 Å². The molecule has 0 unspecified atom stereocenters. The van der Waals surface area contributed by atoms with Gasteiger partial charge in [0.05, 0.1) is 16.8 Å². The van der Waals surface area contributed by atoms with Crippen LogP contribution in [0.15, 0.2) is 99.8 Å². The molecule has 1 aromatic heterocycles. The molecule has 0 saturated carbocycles. The first-order chi connectivity index (χ1) is 18.2. The average molecular weight is 547 g/mol. The van der Waals surface area contributed by atoms with Crippen molar-refractivity contribution < 1.29 is 13.2 Å². The number of hydrazone groups is 1. The van der Waals surface area contributed by atoms with Gasteiger partial charge in [0.15, 0.2) is 0 Å². The molecule has 4 rings (SSSR count). The summed E-state index contributed by atoms with van der Waals surface area (Å²) in [7, 11) is -4.00. The van der Waals surface area contributed by atoms with E-state index in [9.17, 15) is 13.2 Å². The molecule has 0 aliphatic rings. The van der Waals surface area contributed by atoms with E-state index in [4.69, 9.17) is 0 Å². The van der Waals surface area contributed by atoms with E-state index in [1.807, 2.05) is 75.6 Å². The van der Waals surface area contributed by atoms with Crippen molar-refractivity contribution in [3.05, 3.63) is 107 Å². The predicted molar refractivity (Wildman–Crippen MR) is 155 cm³/mol. The van der Waals surface area contributed by atoms with Crippen LogP contribution in [0.4, 0.5) is 5.69 Å². The van der Waals surface area contributed by atoms with Crippen LogP contribution in [0.5, 0.6) is 0 Å². The number of sulfonamides is 1. The third-order valence-electron chi connectivity index (χ3n) is 6.13. The van der Waals surface area contributed by atoms with E-state index in [1.54, 1.807) is 42.6 Å². The lowest BCUT2D eigenvalue weighted by Gasteiger charge is -2.24. The highest BCUT2D eigenvalue weighted by Gasteiger charge is 2.27. The topological polar surface area (TPSA) is 83.8 Å². The lowest BCUT2D eigenvalue weighted by Crippen LogP contribution is -2.39. The van der Waals surface area contributed by atoms with Gasteiger partial charge in [0.1, 0.15) is 6.54 Å². The van der Waals surface area contributed by atoms with E-state index in [2.05, 4.69) is 15.1 Å². The first kappa shape index (κ1) is 27.2. The highest BCUT2D eigenvalue weighted by atomic mass is 32.2. The summed E-state index contributed by atoms with van der Waals surface area (Å²) in [6, 6.07) is 25.6. The maximum atomic E-state index is 13.6. The lowest BCUT2D eigenvalue weighted by molar-refractivity contribution is -0.119. The summed E-state index contributed by atoms with van der Waals surface area (Å²) in [6.45, 7) is 5.49. The zero-order valence-electron chi connectivity index (χ0n) is 21.8. The largest absolute Gasteiger partial charge is 0.318 e. The van der Waals surface area contributed by atoms with E-state index in [-0.39, 0.29) is 4.90 Å². The Morgan fingerprint density at radius 2 is 1.63 bits per heavy atom. The summed E-state index contributed by atoms with van der Waals surface area (Å²) in [6.07, 6.45) is 3.50. The summed E-state index contributed by atoms with van der Waals surface area (Å²) in [5.41, 5.74) is 7.77. The van der Waals surface area contributed by atoms with E-state index in [1.165, 1.54) is 11.8 Å². The van der Waals surface area contributed by atoms with Crippen LogP contribution in [-0.4, -0.2) is 37.9 Å². The molecule has 1 amide bonds. The minimum absolute atomic E-state index is 0.112. The van der Waals surface area contributed by atoms with Gasteiger partial charge in [-0.05, 0) is 81.6 Å². The minimum Gasteiger partial charge on any atom is -0.318 e. The van der Waals surface area contributed by atoms with Crippen molar-refractivity contribution in [2.45, 2.75) is 30.6 Å². The second-order valence-electron chi connectivity index (χ2n) is 8.81. The van der Waals surface area contributed by atoms with Gasteiger partial charge in [0.2, 0.25) is 0 Å². The van der Waals surface area contributed by atoms with Crippen molar-refractivity contribution in [2.24, 2.45) is 5.10 Å². The van der Waals surface area contributed by atoms with Crippen molar-refractivity contribution in [1.82, 2.24) is 9.99 Å². The molecular formula is C29H30N4O3S2. The number of hydrogen-bond donors (Lipinski definition) is 1. The van der Waals surface area contributed by atoms with Gasteiger partial charge in [-0.15, -0.1) is 11.8 Å². The van der Waals surface area contributed by atoms with Crippen LogP contribution in [0.1, 0.15) is 22.5 Å². The molecule has 196 valence electrons. The second kappa shape index (κ2) is 11.7. The standard InChI is InChI=1S/C29H30N4O3S2/c1-21-10-12-25(13-11-21)32(38(35,36)28-16-14-27(37-4)15-17-28)20-29(34)31-30-19-24-18-22(2)33(23(24)3)26-8-6-5-7-9-26/h5-19H,20H2,1-4H3,(H,31,34)/b30-19-. The Balaban J connectivity index is 1.55. The van der Waals surface area contributed by atoms with Gasteiger partial charge in [0, 0.05) is 27.5 Å². The van der Waals surface area contributed by atoms with Gasteiger partial charge < -0.3 is 4.57 Å². The molecule has 1 N–H and O–H groups in total. The Hall–Kier alpha value is -3.82. The average Bonchev–Trinajstić information content (AvgIpc) is 3.20. The zero-order chi connectivity index (χ0) is 27.3. The van der Waals surface area contributed by atoms with Crippen molar-refractivity contribution in [3.8, 4) is 5.69 Å². The van der Waals surface area contributed by atoms with Crippen LogP contribution in [0.2, 0.25) is 0 Å². The summed E-state index contributed by atoms with van der Waals surface area (Å²) in [4.78, 5) is 14.0. The summed E-state index contributed by atoms with van der Waals surface area (Å²) in [5.74, 6) is -0.553. The molecular weight excluding hydrogens is 516 g/mol. The molecule has 0 aliphatic heterocycles. The number of aryl methyl sites for hydroxylation is 2. The normalized spacial score (nSPS) is 11.6. The number of anilines is 1. The van der Waals surface area contributed by atoms with Gasteiger partial charge in [-0.3, -0.25) is 9.10 Å². The SMILES string of the molecule is CSc1ccc(S(=O)(=O)N(CC(=O)N/N=C\c2cc(C)n(-c3ccccc3)c2C)c2ccc(C)cc2)cc1. The van der Waals surface area contributed by atoms with Crippen molar-refractivity contribution in [3.63, 3.8) is 0 Å². The highest BCUT2D eigenvalue weighted by Crippen LogP contribution is 2.26. The van der Waals surface area contributed by atoms with Gasteiger partial charge in [-0.25, -0.2) is 13.8 Å². The molecule has 3 aromatic carbocycles. The molecule has 38 heavy (non-hydrogen) atoms. The summed E-state index contributed by atoms with van der Waals surface area (Å²) >= 11 is 1.52. The minimum atomic E-state index is -4.00. The number of nitrogens with zero attached hydrogens (tertiary/aromatic N) is 3. The molecule has 0 fully saturated rings. The summed E-state index contributed by atoms with van der Waals surface area (Å²) in [5, 5.41) is 4.13. The Morgan fingerprint density at radius 3 is 2.26 bits per heavy atom. The fourth-order valence-corrected chi connectivity index (χ4v) is 5.96. The number of amides is 1. The van der Waals surface area contributed by atoms with Gasteiger partial charge >= 0.3 is 0 Å². The lowest BCUT2D eigenvalue weighted by atomic mass is 10.2. The Bertz CT molecular complexity index is 1540. The van der Waals surface area contributed by atoms with E-state index >= 15 is 0 Å². The number of aromatic nitrogens is 1. The number of thioether (sulfide) groups is 1. The predicted octanol–water partition coefficient (Wildman–Crippen LogP) is 5.47. The third-order valence-corrected chi connectivity index (χ3v) is 8.67. The van der Waals surface area contributed by atoms with Crippen LogP contribution < -0.4 is 9.73 Å². The number of carbonyl (C=O) groups is 1. The second-order valence-corrected chi connectivity index (χ2v) is 11.6. The molecule has 4 aromatic rings. The van der Waals surface area contributed by atoms with Crippen LogP contribution in [0.25, 0.3) is 5.69 Å². The quantitative estimate of drug-likeness (QED) is 0.171.